The van der Waals surface area contributed by atoms with Gasteiger partial charge in [-0.05, 0) is 60.5 Å². The lowest BCUT2D eigenvalue weighted by atomic mass is 9.97. The summed E-state index contributed by atoms with van der Waals surface area (Å²) in [5, 5.41) is 26.0. The molecule has 9 nitrogen and oxygen atoms in total. The molecule has 0 bridgehead atoms. The molecule has 34 heavy (non-hydrogen) atoms. The zero-order chi connectivity index (χ0) is 26.2. The highest BCUT2D eigenvalue weighted by Gasteiger charge is 2.39. The van der Waals surface area contributed by atoms with Gasteiger partial charge < -0.3 is 30.5 Å². The zero-order valence-corrected chi connectivity index (χ0v) is 21.6. The summed E-state index contributed by atoms with van der Waals surface area (Å²) in [4.78, 5) is 40.6. The van der Waals surface area contributed by atoms with Crippen LogP contribution in [0.3, 0.4) is 0 Å². The van der Waals surface area contributed by atoms with Gasteiger partial charge in [0.1, 0.15) is 23.4 Å². The molecule has 4 N–H and O–H groups in total. The van der Waals surface area contributed by atoms with Crippen LogP contribution >= 0.6 is 0 Å². The number of rotatable bonds is 10. The van der Waals surface area contributed by atoms with Crippen molar-refractivity contribution in [1.82, 2.24) is 15.5 Å². The zero-order valence-electron chi connectivity index (χ0n) is 21.6. The number of aromatic hydroxyl groups is 1. The Morgan fingerprint density at radius 3 is 2.24 bits per heavy atom. The standard InChI is InChI=1S/C25H41N3O6/c1-9-11-17(5)26-22(31)20(18-13-10-12-16(4)21(18)30)28(15(2)3)23(32)19(14-29)27-24(33)34-25(6,7)8/h10,12-13,15,17,19-20,29-30H,9,11,14H2,1-8H3,(H,26,31)(H,27,33). The van der Waals surface area contributed by atoms with E-state index in [2.05, 4.69) is 10.6 Å². The van der Waals surface area contributed by atoms with E-state index < -0.39 is 48.2 Å². The summed E-state index contributed by atoms with van der Waals surface area (Å²) in [6.45, 7) is 13.4. The summed E-state index contributed by atoms with van der Waals surface area (Å²) in [7, 11) is 0. The second-order valence-electron chi connectivity index (χ2n) is 9.83. The Morgan fingerprint density at radius 2 is 1.74 bits per heavy atom. The van der Waals surface area contributed by atoms with Crippen molar-refractivity contribution in [3.05, 3.63) is 29.3 Å². The molecule has 3 atom stereocenters. The molecule has 1 aromatic rings. The van der Waals surface area contributed by atoms with Crippen LogP contribution in [-0.4, -0.2) is 63.4 Å². The van der Waals surface area contributed by atoms with Gasteiger partial charge in [-0.1, -0.05) is 31.5 Å². The molecule has 192 valence electrons. The van der Waals surface area contributed by atoms with Gasteiger partial charge in [0.15, 0.2) is 0 Å². The maximum absolute atomic E-state index is 13.6. The number of hydrogen-bond donors (Lipinski definition) is 4. The Hall–Kier alpha value is -2.81. The van der Waals surface area contributed by atoms with Crippen LogP contribution in [0.25, 0.3) is 0 Å². The van der Waals surface area contributed by atoms with E-state index in [9.17, 15) is 24.6 Å². The topological polar surface area (TPSA) is 128 Å². The number of alkyl carbamates (subject to hydrolysis) is 1. The number of nitrogens with zero attached hydrogens (tertiary/aromatic N) is 1. The normalized spacial score (nSPS) is 14.2. The third-order valence-corrected chi connectivity index (χ3v) is 5.18. The number of carbonyl (C=O) groups is 3. The number of nitrogens with one attached hydrogen (secondary N) is 2. The summed E-state index contributed by atoms with van der Waals surface area (Å²) in [6, 6.07) is 1.83. The highest BCUT2D eigenvalue weighted by Crippen LogP contribution is 2.33. The van der Waals surface area contributed by atoms with Gasteiger partial charge in [0.2, 0.25) is 11.8 Å². The molecule has 9 heteroatoms. The van der Waals surface area contributed by atoms with Crippen molar-refractivity contribution < 1.29 is 29.3 Å². The first-order valence-corrected chi connectivity index (χ1v) is 11.7. The highest BCUT2D eigenvalue weighted by molar-refractivity contribution is 5.93. The molecule has 0 fully saturated rings. The molecule has 0 aliphatic carbocycles. The van der Waals surface area contributed by atoms with Crippen molar-refractivity contribution in [1.29, 1.82) is 0 Å². The first-order chi connectivity index (χ1) is 15.7. The lowest BCUT2D eigenvalue weighted by molar-refractivity contribution is -0.145. The van der Waals surface area contributed by atoms with Crippen LogP contribution in [0.15, 0.2) is 18.2 Å². The number of phenolic OH excluding ortho intramolecular Hbond substituents is 1. The molecule has 3 amide bonds. The molecule has 0 saturated heterocycles. The molecule has 0 heterocycles. The molecule has 3 unspecified atom stereocenters. The first-order valence-electron chi connectivity index (χ1n) is 11.7. The van der Waals surface area contributed by atoms with Crippen LogP contribution in [-0.2, 0) is 14.3 Å². The van der Waals surface area contributed by atoms with Gasteiger partial charge in [-0.3, -0.25) is 9.59 Å². The van der Waals surface area contributed by atoms with E-state index in [-0.39, 0.29) is 17.4 Å². The van der Waals surface area contributed by atoms with Gasteiger partial charge in [0, 0.05) is 17.6 Å². The number of para-hydroxylation sites is 1. The summed E-state index contributed by atoms with van der Waals surface area (Å²) >= 11 is 0. The average Bonchev–Trinajstić information content (AvgIpc) is 2.70. The second-order valence-corrected chi connectivity index (χ2v) is 9.83. The molecule has 0 aromatic heterocycles. The Bertz CT molecular complexity index is 850. The van der Waals surface area contributed by atoms with Crippen molar-refractivity contribution in [3.63, 3.8) is 0 Å². The molecule has 0 spiro atoms. The van der Waals surface area contributed by atoms with Crippen molar-refractivity contribution in [3.8, 4) is 5.75 Å². The predicted molar refractivity (Wildman–Crippen MR) is 130 cm³/mol. The number of carbonyl (C=O) groups excluding carboxylic acids is 3. The van der Waals surface area contributed by atoms with Crippen molar-refractivity contribution in [2.24, 2.45) is 0 Å². The maximum atomic E-state index is 13.6. The quantitative estimate of drug-likeness (QED) is 0.408. The minimum Gasteiger partial charge on any atom is -0.507 e. The maximum Gasteiger partial charge on any atom is 0.408 e. The van der Waals surface area contributed by atoms with E-state index in [1.807, 2.05) is 13.8 Å². The van der Waals surface area contributed by atoms with E-state index in [1.165, 1.54) is 4.90 Å². The third kappa shape index (κ3) is 8.20. The van der Waals surface area contributed by atoms with Crippen molar-refractivity contribution in [2.75, 3.05) is 6.61 Å². The van der Waals surface area contributed by atoms with E-state index >= 15 is 0 Å². The van der Waals surface area contributed by atoms with Crippen LogP contribution in [0, 0.1) is 6.92 Å². The summed E-state index contributed by atoms with van der Waals surface area (Å²) in [6.07, 6.45) is 0.744. The monoisotopic (exact) mass is 479 g/mol. The van der Waals surface area contributed by atoms with Crippen molar-refractivity contribution >= 4 is 17.9 Å². The SMILES string of the molecule is CCCC(C)NC(=O)C(c1cccc(C)c1O)N(C(=O)C(CO)NC(=O)OC(C)(C)C)C(C)C. The largest absolute Gasteiger partial charge is 0.507 e. The molecular weight excluding hydrogens is 438 g/mol. The van der Waals surface area contributed by atoms with Crippen LogP contribution in [0.2, 0.25) is 0 Å². The van der Waals surface area contributed by atoms with Crippen LogP contribution in [0.1, 0.15) is 78.5 Å². The summed E-state index contributed by atoms with van der Waals surface area (Å²) < 4.78 is 5.22. The smallest absolute Gasteiger partial charge is 0.408 e. The molecule has 0 aliphatic rings. The number of aliphatic hydroxyl groups excluding tert-OH is 1. The number of ether oxygens (including phenoxy) is 1. The highest BCUT2D eigenvalue weighted by atomic mass is 16.6. The first kappa shape index (κ1) is 29.2. The Morgan fingerprint density at radius 1 is 1.12 bits per heavy atom. The molecule has 0 radical (unpaired) electrons. The van der Waals surface area contributed by atoms with Gasteiger partial charge in [0.25, 0.3) is 0 Å². The fourth-order valence-electron chi connectivity index (χ4n) is 3.64. The Kier molecular flexibility index (Phi) is 10.8. The lowest BCUT2D eigenvalue weighted by Crippen LogP contribution is -2.56. The van der Waals surface area contributed by atoms with Gasteiger partial charge in [-0.2, -0.15) is 0 Å². The van der Waals surface area contributed by atoms with Crippen LogP contribution in [0.4, 0.5) is 4.79 Å². The number of aryl methyl sites for hydroxylation is 1. The summed E-state index contributed by atoms with van der Waals surface area (Å²) in [5.41, 5.74) is 0.0200. The van der Waals surface area contributed by atoms with Gasteiger partial charge >= 0.3 is 6.09 Å². The molecular formula is C25H41N3O6. The van der Waals surface area contributed by atoms with Crippen LogP contribution in [0.5, 0.6) is 5.75 Å². The van der Waals surface area contributed by atoms with Gasteiger partial charge in [-0.25, -0.2) is 4.79 Å². The van der Waals surface area contributed by atoms with Crippen LogP contribution < -0.4 is 10.6 Å². The Balaban J connectivity index is 3.45. The number of hydrogen-bond acceptors (Lipinski definition) is 6. The minimum absolute atomic E-state index is 0.0927. The van der Waals surface area contributed by atoms with Gasteiger partial charge in [0.05, 0.1) is 6.61 Å². The number of benzene rings is 1. The minimum atomic E-state index is -1.34. The van der Waals surface area contributed by atoms with E-state index in [0.29, 0.717) is 5.56 Å². The van der Waals surface area contributed by atoms with E-state index in [1.54, 1.807) is 59.7 Å². The number of aliphatic hydroxyl groups is 1. The number of phenols is 1. The lowest BCUT2D eigenvalue weighted by Gasteiger charge is -2.37. The fraction of sp³-hybridized carbons (Fsp3) is 0.640. The third-order valence-electron chi connectivity index (χ3n) is 5.18. The average molecular weight is 480 g/mol. The summed E-state index contributed by atoms with van der Waals surface area (Å²) in [5.74, 6) is -1.23. The van der Waals surface area contributed by atoms with Crippen molar-refractivity contribution in [2.45, 2.75) is 98.0 Å². The number of amides is 3. The Labute approximate surface area is 202 Å². The predicted octanol–water partition coefficient (Wildman–Crippen LogP) is 3.17. The molecule has 0 saturated carbocycles. The molecule has 1 rings (SSSR count). The van der Waals surface area contributed by atoms with E-state index in [0.717, 1.165) is 12.8 Å². The second kappa shape index (κ2) is 12.6. The van der Waals surface area contributed by atoms with E-state index in [4.69, 9.17) is 4.74 Å². The molecule has 0 aliphatic heterocycles. The fourth-order valence-corrected chi connectivity index (χ4v) is 3.64. The molecule has 1 aromatic carbocycles. The van der Waals surface area contributed by atoms with Gasteiger partial charge in [-0.15, -0.1) is 0 Å².